The van der Waals surface area contributed by atoms with Gasteiger partial charge < -0.3 is 11.1 Å². The van der Waals surface area contributed by atoms with Gasteiger partial charge in [0.25, 0.3) is 10.0 Å². The highest BCUT2D eigenvalue weighted by atomic mass is 32.2. The van der Waals surface area contributed by atoms with Crippen molar-refractivity contribution in [1.29, 1.82) is 0 Å². The van der Waals surface area contributed by atoms with Crippen LogP contribution >= 0.6 is 11.3 Å². The fraction of sp³-hybridized carbons (Fsp3) is 0.353. The first-order chi connectivity index (χ1) is 12.8. The van der Waals surface area contributed by atoms with Crippen LogP contribution in [0.5, 0.6) is 0 Å². The highest BCUT2D eigenvalue weighted by molar-refractivity contribution is 7.93. The van der Waals surface area contributed by atoms with Gasteiger partial charge in [-0.3, -0.25) is 14.3 Å². The summed E-state index contributed by atoms with van der Waals surface area (Å²) in [4.78, 5) is 28.3. The normalized spacial score (nSPS) is 26.2. The molecule has 3 aliphatic rings. The van der Waals surface area contributed by atoms with Crippen molar-refractivity contribution in [1.82, 2.24) is 4.98 Å². The highest BCUT2D eigenvalue weighted by Crippen LogP contribution is 2.62. The van der Waals surface area contributed by atoms with E-state index >= 15 is 0 Å². The first-order valence-electron chi connectivity index (χ1n) is 8.43. The number of fused-ring (bicyclic) bond motifs is 1. The van der Waals surface area contributed by atoms with Crippen molar-refractivity contribution >= 4 is 44.0 Å². The number of carbonyl (C=O) groups is 2. The lowest BCUT2D eigenvalue weighted by Crippen LogP contribution is -2.47. The smallest absolute Gasteiger partial charge is 0.263 e. The van der Waals surface area contributed by atoms with Gasteiger partial charge in [0, 0.05) is 17.3 Å². The van der Waals surface area contributed by atoms with E-state index in [2.05, 4.69) is 15.0 Å². The first kappa shape index (κ1) is 17.9. The zero-order chi connectivity index (χ0) is 19.2. The van der Waals surface area contributed by atoms with Gasteiger partial charge in [0.2, 0.25) is 11.8 Å². The van der Waals surface area contributed by atoms with Crippen molar-refractivity contribution in [2.75, 3.05) is 10.0 Å². The molecule has 2 bridgehead atoms. The molecule has 10 heteroatoms. The first-order valence-corrected chi connectivity index (χ1v) is 10.8. The Bertz CT molecular complexity index is 980. The van der Waals surface area contributed by atoms with Crippen LogP contribution in [0.25, 0.3) is 0 Å². The topological polar surface area (TPSA) is 131 Å². The number of aromatic nitrogens is 1. The Morgan fingerprint density at radius 2 is 1.93 bits per heavy atom. The van der Waals surface area contributed by atoms with E-state index in [0.29, 0.717) is 30.9 Å². The van der Waals surface area contributed by atoms with E-state index in [4.69, 9.17) is 5.73 Å². The molecule has 27 heavy (non-hydrogen) atoms. The predicted octanol–water partition coefficient (Wildman–Crippen LogP) is 1.78. The van der Waals surface area contributed by atoms with E-state index in [0.717, 1.165) is 0 Å². The van der Waals surface area contributed by atoms with Crippen molar-refractivity contribution in [3.8, 4) is 0 Å². The summed E-state index contributed by atoms with van der Waals surface area (Å²) in [6, 6.07) is 5.87. The molecule has 4 N–H and O–H groups in total. The molecule has 3 saturated carbocycles. The fourth-order valence-electron chi connectivity index (χ4n) is 4.13. The van der Waals surface area contributed by atoms with Gasteiger partial charge in [-0.25, -0.2) is 13.4 Å². The molecule has 1 aromatic carbocycles. The number of hydrogen-bond donors (Lipinski definition) is 3. The Hall–Kier alpha value is -2.46. The van der Waals surface area contributed by atoms with Crippen molar-refractivity contribution in [3.05, 3.63) is 35.8 Å². The van der Waals surface area contributed by atoms with E-state index in [9.17, 15) is 18.0 Å². The third kappa shape index (κ3) is 3.08. The molecule has 142 valence electrons. The Balaban J connectivity index is 1.47. The van der Waals surface area contributed by atoms with Gasteiger partial charge in [-0.15, -0.1) is 11.3 Å². The monoisotopic (exact) mass is 406 g/mol. The SMILES string of the molecule is NC(=O)C1CC2CC1(C(=O)Nc1ccc(S(=O)(=O)Nc3nccs3)cc1)C2. The van der Waals surface area contributed by atoms with Crippen LogP contribution in [0.3, 0.4) is 0 Å². The quantitative estimate of drug-likeness (QED) is 0.673. The summed E-state index contributed by atoms with van der Waals surface area (Å²) in [5, 5.41) is 4.75. The lowest BCUT2D eigenvalue weighted by Gasteiger charge is -2.38. The second-order valence-electron chi connectivity index (χ2n) is 7.04. The van der Waals surface area contributed by atoms with E-state index in [1.807, 2.05) is 0 Å². The maximum atomic E-state index is 12.7. The predicted molar refractivity (Wildman–Crippen MR) is 100 cm³/mol. The molecule has 0 radical (unpaired) electrons. The van der Waals surface area contributed by atoms with Gasteiger partial charge in [-0.1, -0.05) is 0 Å². The fourth-order valence-corrected chi connectivity index (χ4v) is 5.92. The summed E-state index contributed by atoms with van der Waals surface area (Å²) in [6.45, 7) is 0. The molecule has 3 aliphatic carbocycles. The number of amides is 2. The molecule has 1 atom stereocenters. The Labute approximate surface area is 160 Å². The van der Waals surface area contributed by atoms with Crippen LogP contribution in [0, 0.1) is 17.3 Å². The highest BCUT2D eigenvalue weighted by Gasteiger charge is 2.63. The van der Waals surface area contributed by atoms with E-state index < -0.39 is 27.3 Å². The molecule has 2 aromatic rings. The van der Waals surface area contributed by atoms with Crippen LogP contribution in [-0.4, -0.2) is 25.2 Å². The molecule has 1 aromatic heterocycles. The van der Waals surface area contributed by atoms with E-state index in [-0.39, 0.29) is 15.9 Å². The zero-order valence-electron chi connectivity index (χ0n) is 14.2. The van der Waals surface area contributed by atoms with Gasteiger partial charge in [0.05, 0.1) is 16.2 Å². The summed E-state index contributed by atoms with van der Waals surface area (Å²) in [5.74, 6) is -0.696. The average Bonchev–Trinajstić information content (AvgIpc) is 3.29. The van der Waals surface area contributed by atoms with Crippen molar-refractivity contribution in [3.63, 3.8) is 0 Å². The maximum absolute atomic E-state index is 12.7. The van der Waals surface area contributed by atoms with Crippen LogP contribution in [0.15, 0.2) is 40.7 Å². The molecular weight excluding hydrogens is 388 g/mol. The largest absolute Gasteiger partial charge is 0.369 e. The summed E-state index contributed by atoms with van der Waals surface area (Å²) in [7, 11) is -3.74. The minimum atomic E-state index is -3.74. The summed E-state index contributed by atoms with van der Waals surface area (Å²) in [5.41, 5.74) is 5.22. The van der Waals surface area contributed by atoms with Gasteiger partial charge in [-0.05, 0) is 49.4 Å². The average molecular weight is 406 g/mol. The number of rotatable bonds is 6. The van der Waals surface area contributed by atoms with Gasteiger partial charge >= 0.3 is 0 Å². The summed E-state index contributed by atoms with van der Waals surface area (Å²) < 4.78 is 27.1. The van der Waals surface area contributed by atoms with Crippen molar-refractivity contribution < 1.29 is 18.0 Å². The van der Waals surface area contributed by atoms with Gasteiger partial charge in [0.15, 0.2) is 5.13 Å². The lowest BCUT2D eigenvalue weighted by molar-refractivity contribution is -0.138. The lowest BCUT2D eigenvalue weighted by atomic mass is 9.65. The molecule has 8 nitrogen and oxygen atoms in total. The Morgan fingerprint density at radius 3 is 2.52 bits per heavy atom. The number of nitrogens with two attached hydrogens (primary N) is 1. The molecule has 1 heterocycles. The molecular formula is C17H18N4O4S2. The summed E-state index contributed by atoms with van der Waals surface area (Å²) in [6.07, 6.45) is 3.53. The number of anilines is 2. The third-order valence-electron chi connectivity index (χ3n) is 5.41. The number of benzene rings is 1. The molecule has 3 fully saturated rings. The number of thiazole rings is 1. The molecule has 2 amide bonds. The van der Waals surface area contributed by atoms with Gasteiger partial charge in [0.1, 0.15) is 0 Å². The number of carbonyl (C=O) groups excluding carboxylic acids is 2. The van der Waals surface area contributed by atoms with Crippen LogP contribution in [0.1, 0.15) is 19.3 Å². The number of hydrogen-bond acceptors (Lipinski definition) is 6. The minimum Gasteiger partial charge on any atom is -0.369 e. The Kier molecular flexibility index (Phi) is 4.19. The molecule has 0 spiro atoms. The number of nitrogens with zero attached hydrogens (tertiary/aromatic N) is 1. The third-order valence-corrected chi connectivity index (χ3v) is 7.59. The molecule has 1 unspecified atom stereocenters. The van der Waals surface area contributed by atoms with Crippen LogP contribution < -0.4 is 15.8 Å². The zero-order valence-corrected chi connectivity index (χ0v) is 15.8. The Morgan fingerprint density at radius 1 is 1.22 bits per heavy atom. The number of primary amides is 1. The summed E-state index contributed by atoms with van der Waals surface area (Å²) >= 11 is 1.18. The van der Waals surface area contributed by atoms with Crippen LogP contribution in [-0.2, 0) is 19.6 Å². The number of sulfonamides is 1. The number of nitrogens with one attached hydrogen (secondary N) is 2. The second kappa shape index (κ2) is 6.31. The van der Waals surface area contributed by atoms with E-state index in [1.165, 1.54) is 41.8 Å². The van der Waals surface area contributed by atoms with Crippen molar-refractivity contribution in [2.24, 2.45) is 23.0 Å². The van der Waals surface area contributed by atoms with Crippen LogP contribution in [0.4, 0.5) is 10.8 Å². The van der Waals surface area contributed by atoms with E-state index in [1.54, 1.807) is 5.38 Å². The van der Waals surface area contributed by atoms with Crippen molar-refractivity contribution in [2.45, 2.75) is 24.2 Å². The minimum absolute atomic E-state index is 0.0634. The molecule has 0 saturated heterocycles. The molecule has 0 aliphatic heterocycles. The standard InChI is InChI=1S/C17H18N4O4S2/c18-14(22)13-7-10-8-17(13,9-10)15(23)20-11-1-3-12(4-2-11)27(24,25)21-16-19-5-6-26-16/h1-6,10,13H,7-9H2,(H2,18,22)(H,19,21)(H,20,23). The second-order valence-corrected chi connectivity index (χ2v) is 9.62. The maximum Gasteiger partial charge on any atom is 0.263 e. The van der Waals surface area contributed by atoms with Gasteiger partial charge in [-0.2, -0.15) is 0 Å². The molecule has 5 rings (SSSR count). The van der Waals surface area contributed by atoms with Crippen LogP contribution in [0.2, 0.25) is 0 Å².